The van der Waals surface area contributed by atoms with Gasteiger partial charge in [0.15, 0.2) is 0 Å². The van der Waals surface area contributed by atoms with E-state index in [-0.39, 0.29) is 5.69 Å². The van der Waals surface area contributed by atoms with E-state index in [1.807, 2.05) is 0 Å². The number of primary amides is 1. The standard InChI is InChI=1S/C22H18F3N3O2/c23-22(24,25)16-7-4-8-18(13-16)28-21(30)19(14-5-2-1-3-6-14)27-17-11-9-15(10-12-17)20(26)29/h1-13,19,27H,(H2,26,29)(H,28,30). The predicted molar refractivity (Wildman–Crippen MR) is 108 cm³/mol. The average Bonchev–Trinajstić information content (AvgIpc) is 2.72. The topological polar surface area (TPSA) is 84.2 Å². The number of rotatable bonds is 6. The summed E-state index contributed by atoms with van der Waals surface area (Å²) in [6.45, 7) is 0. The van der Waals surface area contributed by atoms with Crippen molar-refractivity contribution in [3.8, 4) is 0 Å². The molecule has 8 heteroatoms. The Labute approximate surface area is 170 Å². The normalized spacial score (nSPS) is 12.1. The lowest BCUT2D eigenvalue weighted by Crippen LogP contribution is -2.27. The smallest absolute Gasteiger partial charge is 0.370 e. The highest BCUT2D eigenvalue weighted by Crippen LogP contribution is 2.31. The van der Waals surface area contributed by atoms with Crippen LogP contribution in [0.4, 0.5) is 24.5 Å². The van der Waals surface area contributed by atoms with Crippen molar-refractivity contribution in [2.45, 2.75) is 12.2 Å². The molecular formula is C22H18F3N3O2. The summed E-state index contributed by atoms with van der Waals surface area (Å²) in [6, 6.07) is 18.5. The molecule has 0 saturated carbocycles. The Morgan fingerprint density at radius 2 is 1.50 bits per heavy atom. The van der Waals surface area contributed by atoms with E-state index in [1.54, 1.807) is 42.5 Å². The highest BCUT2D eigenvalue weighted by atomic mass is 19.4. The maximum absolute atomic E-state index is 12.9. The number of amides is 2. The van der Waals surface area contributed by atoms with Gasteiger partial charge in [-0.1, -0.05) is 36.4 Å². The molecule has 154 valence electrons. The molecule has 0 aliphatic heterocycles. The van der Waals surface area contributed by atoms with E-state index in [1.165, 1.54) is 24.3 Å². The van der Waals surface area contributed by atoms with Gasteiger partial charge in [-0.2, -0.15) is 13.2 Å². The molecule has 3 aromatic rings. The van der Waals surface area contributed by atoms with Crippen molar-refractivity contribution in [2.24, 2.45) is 5.73 Å². The van der Waals surface area contributed by atoms with Gasteiger partial charge in [0.1, 0.15) is 6.04 Å². The van der Waals surface area contributed by atoms with Gasteiger partial charge in [0.2, 0.25) is 5.91 Å². The van der Waals surface area contributed by atoms with E-state index in [4.69, 9.17) is 5.73 Å². The lowest BCUT2D eigenvalue weighted by Gasteiger charge is -2.20. The molecule has 3 rings (SSSR count). The zero-order valence-corrected chi connectivity index (χ0v) is 15.6. The largest absolute Gasteiger partial charge is 0.416 e. The molecule has 5 nitrogen and oxygen atoms in total. The molecular weight excluding hydrogens is 395 g/mol. The first-order valence-electron chi connectivity index (χ1n) is 8.93. The van der Waals surface area contributed by atoms with Crippen LogP contribution in [0.3, 0.4) is 0 Å². The minimum absolute atomic E-state index is 0.0293. The van der Waals surface area contributed by atoms with Crippen LogP contribution in [0.15, 0.2) is 78.9 Å². The van der Waals surface area contributed by atoms with Crippen molar-refractivity contribution in [2.75, 3.05) is 10.6 Å². The number of hydrogen-bond acceptors (Lipinski definition) is 3. The molecule has 0 radical (unpaired) electrons. The van der Waals surface area contributed by atoms with Crippen molar-refractivity contribution in [1.82, 2.24) is 0 Å². The Hall–Kier alpha value is -3.81. The summed E-state index contributed by atoms with van der Waals surface area (Å²) in [4.78, 5) is 24.1. The molecule has 0 aromatic heterocycles. The number of benzene rings is 3. The van der Waals surface area contributed by atoms with E-state index in [0.29, 0.717) is 16.8 Å². The second-order valence-corrected chi connectivity index (χ2v) is 6.50. The van der Waals surface area contributed by atoms with E-state index in [2.05, 4.69) is 10.6 Å². The summed E-state index contributed by atoms with van der Waals surface area (Å²) in [6.07, 6.45) is -4.51. The summed E-state index contributed by atoms with van der Waals surface area (Å²) in [5.41, 5.74) is 5.86. The molecule has 0 heterocycles. The highest BCUT2D eigenvalue weighted by molar-refractivity contribution is 5.97. The monoisotopic (exact) mass is 413 g/mol. The third-order valence-electron chi connectivity index (χ3n) is 4.33. The van der Waals surface area contributed by atoms with Crippen LogP contribution < -0.4 is 16.4 Å². The summed E-state index contributed by atoms with van der Waals surface area (Å²) in [7, 11) is 0. The number of anilines is 2. The Morgan fingerprint density at radius 3 is 2.10 bits per heavy atom. The number of nitrogens with one attached hydrogen (secondary N) is 2. The summed E-state index contributed by atoms with van der Waals surface area (Å²) in [5, 5.41) is 5.57. The first kappa shape index (κ1) is 20.9. The molecule has 1 unspecified atom stereocenters. The summed E-state index contributed by atoms with van der Waals surface area (Å²) in [5.74, 6) is -1.12. The van der Waals surface area contributed by atoms with Crippen LogP contribution >= 0.6 is 0 Å². The molecule has 2 amide bonds. The average molecular weight is 413 g/mol. The van der Waals surface area contributed by atoms with Gasteiger partial charge in [0.25, 0.3) is 5.91 Å². The van der Waals surface area contributed by atoms with Crippen LogP contribution in [0.25, 0.3) is 0 Å². The minimum Gasteiger partial charge on any atom is -0.370 e. The van der Waals surface area contributed by atoms with E-state index >= 15 is 0 Å². The van der Waals surface area contributed by atoms with Gasteiger partial charge in [-0.05, 0) is 48.0 Å². The Balaban J connectivity index is 1.85. The molecule has 30 heavy (non-hydrogen) atoms. The van der Waals surface area contributed by atoms with Crippen LogP contribution in [0.2, 0.25) is 0 Å². The van der Waals surface area contributed by atoms with Crippen LogP contribution in [0, 0.1) is 0 Å². The van der Waals surface area contributed by atoms with Crippen molar-refractivity contribution in [3.63, 3.8) is 0 Å². The second kappa shape index (κ2) is 8.69. The van der Waals surface area contributed by atoms with Crippen molar-refractivity contribution in [1.29, 1.82) is 0 Å². The van der Waals surface area contributed by atoms with Gasteiger partial charge in [0, 0.05) is 16.9 Å². The number of hydrogen-bond donors (Lipinski definition) is 3. The first-order chi connectivity index (χ1) is 14.2. The molecule has 4 N–H and O–H groups in total. The quantitative estimate of drug-likeness (QED) is 0.552. The highest BCUT2D eigenvalue weighted by Gasteiger charge is 2.30. The molecule has 3 aromatic carbocycles. The Morgan fingerprint density at radius 1 is 0.833 bits per heavy atom. The number of halogens is 3. The van der Waals surface area contributed by atoms with Gasteiger partial charge >= 0.3 is 6.18 Å². The molecule has 0 aliphatic carbocycles. The number of alkyl halides is 3. The van der Waals surface area contributed by atoms with E-state index in [9.17, 15) is 22.8 Å². The van der Waals surface area contributed by atoms with Crippen molar-refractivity contribution < 1.29 is 22.8 Å². The molecule has 1 atom stereocenters. The predicted octanol–water partition coefficient (Wildman–Crippen LogP) is 4.60. The Kier molecular flexibility index (Phi) is 6.06. The number of nitrogens with two attached hydrogens (primary N) is 1. The Bertz CT molecular complexity index is 1040. The van der Waals surface area contributed by atoms with Gasteiger partial charge < -0.3 is 16.4 Å². The van der Waals surface area contributed by atoms with Gasteiger partial charge in [-0.25, -0.2) is 0 Å². The van der Waals surface area contributed by atoms with Crippen LogP contribution in [-0.4, -0.2) is 11.8 Å². The third-order valence-corrected chi connectivity index (χ3v) is 4.33. The number of carbonyl (C=O) groups excluding carboxylic acids is 2. The lowest BCUT2D eigenvalue weighted by molar-refractivity contribution is -0.137. The molecule has 0 spiro atoms. The van der Waals surface area contributed by atoms with Crippen LogP contribution in [0.1, 0.15) is 27.5 Å². The van der Waals surface area contributed by atoms with Gasteiger partial charge in [0.05, 0.1) is 5.56 Å². The second-order valence-electron chi connectivity index (χ2n) is 6.50. The summed E-state index contributed by atoms with van der Waals surface area (Å²) >= 11 is 0. The molecule has 0 bridgehead atoms. The zero-order valence-electron chi connectivity index (χ0n) is 15.6. The molecule has 0 fully saturated rings. The summed E-state index contributed by atoms with van der Waals surface area (Å²) < 4.78 is 38.8. The lowest BCUT2D eigenvalue weighted by atomic mass is 10.0. The molecule has 0 saturated heterocycles. The maximum atomic E-state index is 12.9. The van der Waals surface area contributed by atoms with E-state index in [0.717, 1.165) is 12.1 Å². The minimum atomic E-state index is -4.51. The first-order valence-corrected chi connectivity index (χ1v) is 8.93. The zero-order chi connectivity index (χ0) is 21.7. The fraction of sp³-hybridized carbons (Fsp3) is 0.0909. The molecule has 0 aliphatic rings. The third kappa shape index (κ3) is 5.16. The fourth-order valence-electron chi connectivity index (χ4n) is 2.83. The fourth-order valence-corrected chi connectivity index (χ4v) is 2.83. The van der Waals surface area contributed by atoms with Crippen molar-refractivity contribution in [3.05, 3.63) is 95.6 Å². The van der Waals surface area contributed by atoms with Gasteiger partial charge in [-0.15, -0.1) is 0 Å². The maximum Gasteiger partial charge on any atom is 0.416 e. The number of carbonyl (C=O) groups is 2. The van der Waals surface area contributed by atoms with Crippen LogP contribution in [-0.2, 0) is 11.0 Å². The SMILES string of the molecule is NC(=O)c1ccc(NC(C(=O)Nc2cccc(C(F)(F)F)c2)c2ccccc2)cc1. The van der Waals surface area contributed by atoms with E-state index < -0.39 is 29.6 Å². The van der Waals surface area contributed by atoms with Crippen LogP contribution in [0.5, 0.6) is 0 Å². The van der Waals surface area contributed by atoms with Gasteiger partial charge in [-0.3, -0.25) is 9.59 Å². The van der Waals surface area contributed by atoms with Crippen molar-refractivity contribution >= 4 is 23.2 Å².